The Morgan fingerprint density at radius 1 is 0.872 bits per heavy atom. The van der Waals surface area contributed by atoms with Crippen LogP contribution in [0.25, 0.3) is 0 Å². The number of anilines is 1. The van der Waals surface area contributed by atoms with Crippen molar-refractivity contribution in [1.29, 1.82) is 0 Å². The molecule has 47 heavy (non-hydrogen) atoms. The van der Waals surface area contributed by atoms with Gasteiger partial charge in [-0.05, 0) is 99.1 Å². The molecule has 4 saturated carbocycles. The van der Waals surface area contributed by atoms with Crippen molar-refractivity contribution in [1.82, 2.24) is 10.2 Å². The minimum absolute atomic E-state index is 0.00641. The van der Waals surface area contributed by atoms with Crippen molar-refractivity contribution in [3.63, 3.8) is 0 Å². The highest BCUT2D eigenvalue weighted by atomic mass is 16.7. The van der Waals surface area contributed by atoms with E-state index < -0.39 is 12.4 Å². The number of ether oxygens (including phenoxy) is 2. The maximum absolute atomic E-state index is 13.2. The lowest BCUT2D eigenvalue weighted by Crippen LogP contribution is -2.60. The minimum atomic E-state index is -0.626. The normalized spacial score (nSPS) is 31.0. The van der Waals surface area contributed by atoms with E-state index in [2.05, 4.69) is 15.5 Å². The Hall–Kier alpha value is -3.27. The fraction of sp³-hybridized carbons (Fsp3) is 0.513. The van der Waals surface area contributed by atoms with E-state index >= 15 is 0 Å². The summed E-state index contributed by atoms with van der Waals surface area (Å²) in [5.41, 5.74) is 4.35. The summed E-state index contributed by atoms with van der Waals surface area (Å²) in [6.45, 7) is 2.64. The van der Waals surface area contributed by atoms with Crippen LogP contribution in [0.3, 0.4) is 0 Å². The van der Waals surface area contributed by atoms with Crippen LogP contribution in [0.5, 0.6) is 0 Å². The summed E-state index contributed by atoms with van der Waals surface area (Å²) >= 11 is 0. The lowest BCUT2D eigenvalue weighted by molar-refractivity contribution is -0.253. The molecule has 0 unspecified atom stereocenters. The maximum Gasteiger partial charge on any atom is 0.319 e. The molecule has 8 rings (SSSR count). The number of carbonyl (C=O) groups excluding carboxylic acids is 1. The van der Waals surface area contributed by atoms with Gasteiger partial charge in [0.1, 0.15) is 0 Å². The largest absolute Gasteiger partial charge is 0.392 e. The van der Waals surface area contributed by atoms with Gasteiger partial charge in [-0.15, -0.1) is 0 Å². The van der Waals surface area contributed by atoms with Crippen molar-refractivity contribution in [2.75, 3.05) is 18.9 Å². The highest BCUT2D eigenvalue weighted by Crippen LogP contribution is 2.55. The first kappa shape index (κ1) is 32.3. The molecule has 2 amide bonds. The zero-order valence-corrected chi connectivity index (χ0v) is 27.6. The average Bonchev–Trinajstić information content (AvgIpc) is 3.07. The van der Waals surface area contributed by atoms with E-state index in [-0.39, 0.29) is 36.4 Å². The van der Waals surface area contributed by atoms with E-state index in [4.69, 9.17) is 9.47 Å². The van der Waals surface area contributed by atoms with Gasteiger partial charge in [0.15, 0.2) is 6.29 Å². The molecule has 8 heteroatoms. The molecular formula is C39H49N3O5. The summed E-state index contributed by atoms with van der Waals surface area (Å²) in [6.07, 6.45) is 6.44. The molecule has 1 heterocycles. The number of rotatable bonds is 10. The Balaban J connectivity index is 1.02. The molecule has 5 fully saturated rings. The second kappa shape index (κ2) is 13.7. The van der Waals surface area contributed by atoms with Crippen LogP contribution in [0.4, 0.5) is 10.5 Å². The smallest absolute Gasteiger partial charge is 0.319 e. The predicted molar refractivity (Wildman–Crippen MR) is 181 cm³/mol. The summed E-state index contributed by atoms with van der Waals surface area (Å²) in [6, 6.07) is 25.1. The Kier molecular flexibility index (Phi) is 9.40. The van der Waals surface area contributed by atoms with Gasteiger partial charge in [0, 0.05) is 35.8 Å². The number of amides is 2. The van der Waals surface area contributed by atoms with E-state index in [1.54, 1.807) is 0 Å². The molecule has 3 aromatic carbocycles. The molecule has 3 aromatic rings. The third-order valence-electron chi connectivity index (χ3n) is 11.3. The summed E-state index contributed by atoms with van der Waals surface area (Å²) < 4.78 is 13.1. The molecule has 5 aliphatic rings. The predicted octanol–water partition coefficient (Wildman–Crippen LogP) is 6.87. The number of hydrogen-bond donors (Lipinski definition) is 4. The standard InChI is InChI=1S/C39H49N3O5/c1-25(36(44)31-6-4-3-5-7-31)42(2)23-34-19-35(30-10-8-26(24-43)9-11-30)47-37(46-34)32-12-14-33(15-13-32)40-38(45)41-39-20-27-16-28(21-39)18-29(17-27)22-39/h3-15,25,27-29,34-37,43-44H,16-24H2,1-2H3,(H2,40,41,45)/t25-,27?,28?,29?,34-,35+,36-,37+,39?/m0/s1. The number of nitrogens with zero attached hydrogens (tertiary/aromatic N) is 1. The van der Waals surface area contributed by atoms with Crippen molar-refractivity contribution in [3.8, 4) is 0 Å². The van der Waals surface area contributed by atoms with Crippen molar-refractivity contribution in [2.24, 2.45) is 17.8 Å². The van der Waals surface area contributed by atoms with Crippen molar-refractivity contribution >= 4 is 11.7 Å². The molecule has 1 aliphatic heterocycles. The second-order valence-corrected chi connectivity index (χ2v) is 14.8. The molecule has 4 aliphatic carbocycles. The van der Waals surface area contributed by atoms with E-state index in [0.717, 1.165) is 65.0 Å². The van der Waals surface area contributed by atoms with Gasteiger partial charge in [-0.2, -0.15) is 0 Å². The lowest BCUT2D eigenvalue weighted by Gasteiger charge is -2.56. The first-order valence-corrected chi connectivity index (χ1v) is 17.4. The van der Waals surface area contributed by atoms with Crippen LogP contribution in [-0.2, 0) is 16.1 Å². The van der Waals surface area contributed by atoms with Gasteiger partial charge >= 0.3 is 6.03 Å². The van der Waals surface area contributed by atoms with E-state index in [1.807, 2.05) is 92.8 Å². The van der Waals surface area contributed by atoms with E-state index in [1.165, 1.54) is 19.3 Å². The molecular weight excluding hydrogens is 590 g/mol. The summed E-state index contributed by atoms with van der Waals surface area (Å²) in [5, 5.41) is 27.1. The van der Waals surface area contributed by atoms with Gasteiger partial charge in [-0.3, -0.25) is 4.90 Å². The minimum Gasteiger partial charge on any atom is -0.392 e. The Morgan fingerprint density at radius 3 is 2.11 bits per heavy atom. The number of benzene rings is 3. The fourth-order valence-electron chi connectivity index (χ4n) is 9.08. The maximum atomic E-state index is 13.2. The first-order chi connectivity index (χ1) is 22.8. The average molecular weight is 640 g/mol. The summed E-state index contributed by atoms with van der Waals surface area (Å²) in [5.74, 6) is 2.32. The highest BCUT2D eigenvalue weighted by Gasteiger charge is 2.51. The summed E-state index contributed by atoms with van der Waals surface area (Å²) in [7, 11) is 2.02. The van der Waals surface area contributed by atoms with E-state index in [9.17, 15) is 15.0 Å². The van der Waals surface area contributed by atoms with Gasteiger partial charge in [-0.1, -0.05) is 66.7 Å². The number of likely N-dealkylation sites (N-methyl/N-ethyl adjacent to an activating group) is 1. The molecule has 1 saturated heterocycles. The van der Waals surface area contributed by atoms with Gasteiger partial charge in [-0.25, -0.2) is 4.79 Å². The number of urea groups is 1. The van der Waals surface area contributed by atoms with Crippen LogP contribution in [0.2, 0.25) is 0 Å². The molecule has 0 aromatic heterocycles. The fourth-order valence-corrected chi connectivity index (χ4v) is 9.08. The SMILES string of the molecule is C[C@@H]([C@H](O)c1ccccc1)N(C)C[C@@H]1C[C@H](c2ccc(CO)cc2)O[C@H](c2ccc(NC(=O)NC34CC5CC(CC(C5)C3)C4)cc2)O1. The Bertz CT molecular complexity index is 1460. The van der Waals surface area contributed by atoms with Crippen molar-refractivity contribution < 1.29 is 24.5 Å². The molecule has 8 nitrogen and oxygen atoms in total. The number of aliphatic hydroxyl groups excluding tert-OH is 2. The van der Waals surface area contributed by atoms with Crippen LogP contribution < -0.4 is 10.6 Å². The molecule has 250 valence electrons. The highest BCUT2D eigenvalue weighted by molar-refractivity contribution is 5.89. The zero-order valence-electron chi connectivity index (χ0n) is 27.6. The Morgan fingerprint density at radius 2 is 1.49 bits per heavy atom. The molecule has 0 spiro atoms. The third-order valence-corrected chi connectivity index (χ3v) is 11.3. The quantitative estimate of drug-likeness (QED) is 0.193. The first-order valence-electron chi connectivity index (χ1n) is 17.4. The van der Waals surface area contributed by atoms with Gasteiger partial charge in [0.2, 0.25) is 0 Å². The molecule has 5 atom stereocenters. The topological polar surface area (TPSA) is 103 Å². The third kappa shape index (κ3) is 7.27. The van der Waals surface area contributed by atoms with Gasteiger partial charge in [0.25, 0.3) is 0 Å². The van der Waals surface area contributed by atoms with Gasteiger partial charge < -0.3 is 30.3 Å². The molecule has 0 radical (unpaired) electrons. The number of carbonyl (C=O) groups is 1. The summed E-state index contributed by atoms with van der Waals surface area (Å²) in [4.78, 5) is 15.3. The van der Waals surface area contributed by atoms with Crippen LogP contribution in [0.15, 0.2) is 78.9 Å². The molecule has 4 bridgehead atoms. The monoisotopic (exact) mass is 639 g/mol. The van der Waals surface area contributed by atoms with Crippen molar-refractivity contribution in [2.45, 2.75) is 94.7 Å². The number of aliphatic hydroxyl groups is 2. The van der Waals surface area contributed by atoms with E-state index in [0.29, 0.717) is 13.0 Å². The van der Waals surface area contributed by atoms with Crippen molar-refractivity contribution in [3.05, 3.63) is 101 Å². The van der Waals surface area contributed by atoms with Gasteiger partial charge in [0.05, 0.1) is 24.9 Å². The van der Waals surface area contributed by atoms with Crippen LogP contribution >= 0.6 is 0 Å². The zero-order chi connectivity index (χ0) is 32.5. The molecule has 4 N–H and O–H groups in total. The number of nitrogens with one attached hydrogen (secondary N) is 2. The Labute approximate surface area is 278 Å². The van der Waals surface area contributed by atoms with Crippen LogP contribution in [-0.4, -0.2) is 52.4 Å². The van der Waals surface area contributed by atoms with Crippen LogP contribution in [0.1, 0.15) is 92.6 Å². The lowest BCUT2D eigenvalue weighted by atomic mass is 9.53. The van der Waals surface area contributed by atoms with Crippen LogP contribution in [0, 0.1) is 17.8 Å². The number of hydrogen-bond acceptors (Lipinski definition) is 6. The second-order valence-electron chi connectivity index (χ2n) is 14.8.